The Balaban J connectivity index is 2.19. The van der Waals surface area contributed by atoms with Crippen LogP contribution >= 0.6 is 11.8 Å². The van der Waals surface area contributed by atoms with Crippen LogP contribution in [0.25, 0.3) is 0 Å². The second-order valence-corrected chi connectivity index (χ2v) is 5.63. The molecule has 0 heterocycles. The lowest BCUT2D eigenvalue weighted by Gasteiger charge is -2.13. The van der Waals surface area contributed by atoms with Crippen molar-refractivity contribution in [3.63, 3.8) is 0 Å². The number of anilines is 1. The van der Waals surface area contributed by atoms with Gasteiger partial charge in [-0.3, -0.25) is 0 Å². The molecule has 5 heteroatoms. The van der Waals surface area contributed by atoms with Crippen molar-refractivity contribution in [3.8, 4) is 11.5 Å². The van der Waals surface area contributed by atoms with Crippen molar-refractivity contribution in [3.05, 3.63) is 47.3 Å². The second kappa shape index (κ2) is 6.72. The molecule has 0 spiro atoms. The Morgan fingerprint density at radius 1 is 1.10 bits per heavy atom. The van der Waals surface area contributed by atoms with Crippen LogP contribution in [0.15, 0.2) is 35.2 Å². The maximum atomic E-state index is 13.8. The molecule has 2 aromatic rings. The molecule has 0 fully saturated rings. The molecule has 0 aliphatic carbocycles. The third-order valence-corrected chi connectivity index (χ3v) is 4.28. The van der Waals surface area contributed by atoms with Gasteiger partial charge in [0.05, 0.1) is 14.2 Å². The van der Waals surface area contributed by atoms with Crippen LogP contribution in [-0.2, 0) is 5.75 Å². The molecule has 0 aromatic heterocycles. The van der Waals surface area contributed by atoms with Gasteiger partial charge in [-0.25, -0.2) is 4.39 Å². The van der Waals surface area contributed by atoms with Crippen molar-refractivity contribution in [1.29, 1.82) is 0 Å². The van der Waals surface area contributed by atoms with E-state index in [2.05, 4.69) is 0 Å². The minimum absolute atomic E-state index is 0.293. The first kappa shape index (κ1) is 15.5. The lowest BCUT2D eigenvalue weighted by molar-refractivity contribution is 0.354. The predicted molar refractivity (Wildman–Crippen MR) is 84.7 cm³/mol. The predicted octanol–water partition coefficient (Wildman–Crippen LogP) is 4.03. The Morgan fingerprint density at radius 3 is 2.38 bits per heavy atom. The van der Waals surface area contributed by atoms with Crippen molar-refractivity contribution in [1.82, 2.24) is 0 Å². The standard InChI is InChI=1S/C16H18FNO2S/c1-10-6-14(19-2)15(20-3)7-11(10)9-21-16-5-4-12(18)8-13(16)17/h4-8H,9,18H2,1-3H3. The van der Waals surface area contributed by atoms with E-state index < -0.39 is 0 Å². The van der Waals surface area contributed by atoms with Crippen LogP contribution in [-0.4, -0.2) is 14.2 Å². The van der Waals surface area contributed by atoms with Gasteiger partial charge in [0.15, 0.2) is 11.5 Å². The zero-order chi connectivity index (χ0) is 15.4. The highest BCUT2D eigenvalue weighted by molar-refractivity contribution is 7.98. The molecule has 0 unspecified atom stereocenters. The molecule has 112 valence electrons. The number of thioether (sulfide) groups is 1. The summed E-state index contributed by atoms with van der Waals surface area (Å²) in [7, 11) is 3.21. The summed E-state index contributed by atoms with van der Waals surface area (Å²) in [5.74, 6) is 1.73. The van der Waals surface area contributed by atoms with E-state index >= 15 is 0 Å². The smallest absolute Gasteiger partial charge is 0.161 e. The molecule has 0 atom stereocenters. The number of rotatable bonds is 5. The highest BCUT2D eigenvalue weighted by atomic mass is 32.2. The van der Waals surface area contributed by atoms with Gasteiger partial charge in [-0.15, -0.1) is 11.8 Å². The number of halogens is 1. The first-order chi connectivity index (χ1) is 10.0. The molecule has 0 aliphatic rings. The summed E-state index contributed by atoms with van der Waals surface area (Å²) < 4.78 is 24.3. The summed E-state index contributed by atoms with van der Waals surface area (Å²) in [5.41, 5.74) is 8.14. The van der Waals surface area contributed by atoms with Gasteiger partial charge < -0.3 is 15.2 Å². The first-order valence-corrected chi connectivity index (χ1v) is 7.43. The normalized spacial score (nSPS) is 10.5. The fraction of sp³-hybridized carbons (Fsp3) is 0.250. The molecule has 21 heavy (non-hydrogen) atoms. The minimum Gasteiger partial charge on any atom is -0.493 e. The van der Waals surface area contributed by atoms with Crippen LogP contribution < -0.4 is 15.2 Å². The summed E-state index contributed by atoms with van der Waals surface area (Å²) in [5, 5.41) is 0. The molecule has 2 aromatic carbocycles. The quantitative estimate of drug-likeness (QED) is 0.669. The van der Waals surface area contributed by atoms with Gasteiger partial charge in [0.25, 0.3) is 0 Å². The van der Waals surface area contributed by atoms with Crippen LogP contribution in [0.3, 0.4) is 0 Å². The number of hydrogen-bond donors (Lipinski definition) is 1. The number of methoxy groups -OCH3 is 2. The Kier molecular flexibility index (Phi) is 4.96. The largest absolute Gasteiger partial charge is 0.493 e. The number of hydrogen-bond acceptors (Lipinski definition) is 4. The fourth-order valence-corrected chi connectivity index (χ4v) is 2.95. The molecule has 2 rings (SSSR count). The molecular formula is C16H18FNO2S. The molecule has 0 aliphatic heterocycles. The Labute approximate surface area is 128 Å². The minimum atomic E-state index is -0.293. The van der Waals surface area contributed by atoms with E-state index in [4.69, 9.17) is 15.2 Å². The Bertz CT molecular complexity index is 646. The van der Waals surface area contributed by atoms with E-state index in [0.717, 1.165) is 11.1 Å². The topological polar surface area (TPSA) is 44.5 Å². The van der Waals surface area contributed by atoms with E-state index in [1.165, 1.54) is 17.8 Å². The Morgan fingerprint density at radius 2 is 1.76 bits per heavy atom. The van der Waals surface area contributed by atoms with Crippen LogP contribution in [0, 0.1) is 12.7 Å². The van der Waals surface area contributed by atoms with Crippen LogP contribution in [0.2, 0.25) is 0 Å². The average molecular weight is 307 g/mol. The van der Waals surface area contributed by atoms with Gasteiger partial charge in [0.2, 0.25) is 0 Å². The van der Waals surface area contributed by atoms with Crippen LogP contribution in [0.4, 0.5) is 10.1 Å². The summed E-state index contributed by atoms with van der Waals surface area (Å²) in [6, 6.07) is 8.59. The van der Waals surface area contributed by atoms with E-state index in [0.29, 0.717) is 27.8 Å². The fourth-order valence-electron chi connectivity index (χ4n) is 1.97. The number of aryl methyl sites for hydroxylation is 1. The summed E-state index contributed by atoms with van der Waals surface area (Å²) in [6.07, 6.45) is 0. The maximum absolute atomic E-state index is 13.8. The highest BCUT2D eigenvalue weighted by Crippen LogP contribution is 2.34. The summed E-state index contributed by atoms with van der Waals surface area (Å²) in [6.45, 7) is 2.00. The van der Waals surface area contributed by atoms with Gasteiger partial charge in [-0.1, -0.05) is 0 Å². The van der Waals surface area contributed by atoms with Gasteiger partial charge in [0.1, 0.15) is 5.82 Å². The number of benzene rings is 2. The van der Waals surface area contributed by atoms with Crippen molar-refractivity contribution in [2.24, 2.45) is 0 Å². The van der Waals surface area contributed by atoms with Gasteiger partial charge in [0, 0.05) is 16.3 Å². The van der Waals surface area contributed by atoms with Gasteiger partial charge in [-0.05, 0) is 48.4 Å². The van der Waals surface area contributed by atoms with Gasteiger partial charge >= 0.3 is 0 Å². The lowest BCUT2D eigenvalue weighted by Crippen LogP contribution is -1.95. The van der Waals surface area contributed by atoms with Crippen LogP contribution in [0.1, 0.15) is 11.1 Å². The van der Waals surface area contributed by atoms with Gasteiger partial charge in [-0.2, -0.15) is 0 Å². The average Bonchev–Trinajstić information content (AvgIpc) is 2.47. The van der Waals surface area contributed by atoms with Crippen LogP contribution in [0.5, 0.6) is 11.5 Å². The van der Waals surface area contributed by atoms with Crippen molar-refractivity contribution < 1.29 is 13.9 Å². The molecule has 0 saturated heterocycles. The summed E-state index contributed by atoms with van der Waals surface area (Å²) >= 11 is 1.43. The zero-order valence-corrected chi connectivity index (χ0v) is 13.1. The summed E-state index contributed by atoms with van der Waals surface area (Å²) in [4.78, 5) is 0.582. The number of nitrogen functional groups attached to an aromatic ring is 1. The van der Waals surface area contributed by atoms with E-state index in [9.17, 15) is 4.39 Å². The molecule has 3 nitrogen and oxygen atoms in total. The monoisotopic (exact) mass is 307 g/mol. The van der Waals surface area contributed by atoms with E-state index in [1.807, 2.05) is 19.1 Å². The molecular weight excluding hydrogens is 289 g/mol. The van der Waals surface area contributed by atoms with E-state index in [1.54, 1.807) is 26.4 Å². The zero-order valence-electron chi connectivity index (χ0n) is 12.3. The molecule has 2 N–H and O–H groups in total. The Hall–Kier alpha value is -1.88. The SMILES string of the molecule is COc1cc(C)c(CSc2ccc(N)cc2F)cc1OC. The lowest BCUT2D eigenvalue weighted by atomic mass is 10.1. The molecule has 0 amide bonds. The first-order valence-electron chi connectivity index (χ1n) is 6.44. The molecule has 0 saturated carbocycles. The maximum Gasteiger partial charge on any atom is 0.161 e. The number of ether oxygens (including phenoxy) is 2. The van der Waals surface area contributed by atoms with Crippen molar-refractivity contribution in [2.45, 2.75) is 17.6 Å². The third-order valence-electron chi connectivity index (χ3n) is 3.18. The second-order valence-electron chi connectivity index (χ2n) is 4.61. The number of nitrogens with two attached hydrogens (primary N) is 1. The highest BCUT2D eigenvalue weighted by Gasteiger charge is 2.10. The van der Waals surface area contributed by atoms with E-state index in [-0.39, 0.29) is 5.82 Å². The van der Waals surface area contributed by atoms with Crippen molar-refractivity contribution in [2.75, 3.05) is 20.0 Å². The molecule has 0 bridgehead atoms. The van der Waals surface area contributed by atoms with Crippen molar-refractivity contribution >= 4 is 17.4 Å². The molecule has 0 radical (unpaired) electrons. The third kappa shape index (κ3) is 3.61.